The Kier molecular flexibility index (Phi) is 3.94. The first-order chi connectivity index (χ1) is 16.8. The lowest BCUT2D eigenvalue weighted by atomic mass is 10.2. The molecule has 34 heavy (non-hydrogen) atoms. The molecule has 4 aromatic heterocycles. The topological polar surface area (TPSA) is 52.6 Å². The van der Waals surface area contributed by atoms with Crippen molar-refractivity contribution in [1.29, 1.82) is 0 Å². The highest BCUT2D eigenvalue weighted by Gasteiger charge is 2.09. The number of fused-ring (bicyclic) bond motifs is 4. The molecule has 0 atom stereocenters. The van der Waals surface area contributed by atoms with Gasteiger partial charge in [0.2, 0.25) is 0 Å². The van der Waals surface area contributed by atoms with Crippen LogP contribution in [0.3, 0.4) is 0 Å². The summed E-state index contributed by atoms with van der Waals surface area (Å²) in [5.41, 5.74) is 3.10. The van der Waals surface area contributed by atoms with Crippen molar-refractivity contribution >= 4 is 43.9 Å². The Hall–Kier alpha value is -5.06. The number of hydrogen-bond acceptors (Lipinski definition) is 4. The number of hydrogen-bond donors (Lipinski definition) is 0. The molecule has 0 aliphatic rings. The third-order valence-corrected chi connectivity index (χ3v) is 5.62. The summed E-state index contributed by atoms with van der Waals surface area (Å²) in [4.78, 5) is 0. The van der Waals surface area contributed by atoms with Crippen molar-refractivity contribution < 1.29 is 17.7 Å². The van der Waals surface area contributed by atoms with Crippen molar-refractivity contribution in [2.45, 2.75) is 0 Å². The first-order valence-corrected chi connectivity index (χ1v) is 10.8. The molecule has 0 N–H and O–H groups in total. The van der Waals surface area contributed by atoms with E-state index in [1.54, 1.807) is 0 Å². The second kappa shape index (κ2) is 7.24. The molecular weight excluding hydrogens is 424 g/mol. The lowest BCUT2D eigenvalue weighted by molar-refractivity contribution is 0.594. The van der Waals surface area contributed by atoms with Gasteiger partial charge in [-0.3, -0.25) is 0 Å². The van der Waals surface area contributed by atoms with Crippen molar-refractivity contribution in [3.63, 3.8) is 0 Å². The van der Waals surface area contributed by atoms with Gasteiger partial charge >= 0.3 is 0 Å². The van der Waals surface area contributed by atoms with E-state index in [2.05, 4.69) is 23.7 Å². The average molecular weight is 438 g/mol. The highest BCUT2D eigenvalue weighted by Crippen LogP contribution is 2.28. The van der Waals surface area contributed by atoms with Gasteiger partial charge in [0.15, 0.2) is 23.0 Å². The van der Waals surface area contributed by atoms with Gasteiger partial charge < -0.3 is 17.7 Å². The maximum atomic E-state index is 5.94. The fourth-order valence-corrected chi connectivity index (χ4v) is 4.03. The zero-order chi connectivity index (χ0) is 22.5. The summed E-state index contributed by atoms with van der Waals surface area (Å²) in [5, 5.41) is 3.87. The fraction of sp³-hybridized carbons (Fsp3) is 0. The minimum absolute atomic E-state index is 0.563. The molecular formula is C30H14O4. The Morgan fingerprint density at radius 1 is 0.353 bits per heavy atom. The zero-order valence-electron chi connectivity index (χ0n) is 17.7. The first-order valence-electron chi connectivity index (χ1n) is 10.8. The summed E-state index contributed by atoms with van der Waals surface area (Å²) < 4.78 is 23.4. The molecule has 0 bridgehead atoms. The van der Waals surface area contributed by atoms with E-state index < -0.39 is 0 Å². The molecule has 7 rings (SSSR count). The fourth-order valence-electron chi connectivity index (χ4n) is 4.03. The van der Waals surface area contributed by atoms with E-state index in [1.807, 2.05) is 84.9 Å². The van der Waals surface area contributed by atoms with Crippen molar-refractivity contribution in [1.82, 2.24) is 0 Å². The van der Waals surface area contributed by atoms with Crippen LogP contribution in [0.25, 0.3) is 43.9 Å². The van der Waals surface area contributed by atoms with Gasteiger partial charge in [0, 0.05) is 45.8 Å². The molecule has 0 unspecified atom stereocenters. The van der Waals surface area contributed by atoms with Gasteiger partial charge in [-0.2, -0.15) is 0 Å². The highest BCUT2D eigenvalue weighted by molar-refractivity contribution is 5.94. The minimum Gasteiger partial charge on any atom is -0.448 e. The normalized spacial score (nSPS) is 11.1. The van der Waals surface area contributed by atoms with Crippen LogP contribution in [0.1, 0.15) is 23.0 Å². The quantitative estimate of drug-likeness (QED) is 0.231. The van der Waals surface area contributed by atoms with Gasteiger partial charge in [-0.05, 0) is 47.9 Å². The molecule has 7 aromatic rings. The Labute approximate surface area is 193 Å². The molecule has 3 aromatic carbocycles. The smallest absolute Gasteiger partial charge is 0.178 e. The Morgan fingerprint density at radius 2 is 0.706 bits per heavy atom. The highest BCUT2D eigenvalue weighted by atomic mass is 16.3. The van der Waals surface area contributed by atoms with Gasteiger partial charge in [0.1, 0.15) is 22.3 Å². The van der Waals surface area contributed by atoms with E-state index in [0.717, 1.165) is 43.9 Å². The van der Waals surface area contributed by atoms with Crippen LogP contribution < -0.4 is 0 Å². The first kappa shape index (κ1) is 18.5. The molecule has 4 heteroatoms. The van der Waals surface area contributed by atoms with Crippen molar-refractivity contribution in [2.24, 2.45) is 0 Å². The third-order valence-electron chi connectivity index (χ3n) is 5.62. The lowest BCUT2D eigenvalue weighted by Gasteiger charge is -1.87. The molecule has 0 saturated heterocycles. The molecule has 4 nitrogen and oxygen atoms in total. The number of benzene rings is 3. The summed E-state index contributed by atoms with van der Waals surface area (Å²) in [5.74, 6) is 14.5. The summed E-state index contributed by atoms with van der Waals surface area (Å²) in [6.45, 7) is 0. The van der Waals surface area contributed by atoms with Gasteiger partial charge in [0.25, 0.3) is 0 Å². The lowest BCUT2D eigenvalue weighted by Crippen LogP contribution is -1.66. The Balaban J connectivity index is 1.19. The summed E-state index contributed by atoms with van der Waals surface area (Å²) in [6.07, 6.45) is 0. The Morgan fingerprint density at radius 3 is 1.12 bits per heavy atom. The van der Waals surface area contributed by atoms with Gasteiger partial charge in [-0.25, -0.2) is 0 Å². The van der Waals surface area contributed by atoms with Crippen LogP contribution in [0.4, 0.5) is 0 Å². The van der Waals surface area contributed by atoms with Crippen molar-refractivity contribution in [3.05, 3.63) is 108 Å². The van der Waals surface area contributed by atoms with Crippen LogP contribution in [-0.2, 0) is 0 Å². The predicted octanol–water partition coefficient (Wildman–Crippen LogP) is 7.47. The Bertz CT molecular complexity index is 1720. The molecule has 4 heterocycles. The van der Waals surface area contributed by atoms with E-state index in [4.69, 9.17) is 17.7 Å². The summed E-state index contributed by atoms with van der Waals surface area (Å²) in [7, 11) is 0. The molecule has 0 spiro atoms. The van der Waals surface area contributed by atoms with Crippen LogP contribution in [0.2, 0.25) is 0 Å². The summed E-state index contributed by atoms with van der Waals surface area (Å²) >= 11 is 0. The predicted molar refractivity (Wildman–Crippen MR) is 130 cm³/mol. The molecule has 0 fully saturated rings. The van der Waals surface area contributed by atoms with Crippen LogP contribution in [0, 0.1) is 23.7 Å². The molecule has 0 radical (unpaired) electrons. The third kappa shape index (κ3) is 3.23. The largest absolute Gasteiger partial charge is 0.448 e. The van der Waals surface area contributed by atoms with Crippen LogP contribution >= 0.6 is 0 Å². The SMILES string of the molecule is C(#Cc1cc2cc3oc(C#Cc4cc5ccccc5o4)cc3cc2o1)c1cc2ccccc2o1. The standard InChI is InChI=1S/C30H14O4/c1-3-7-27-19(5-1)13-23(31-27)9-11-25-15-21-17-30-22(18-29(21)33-25)16-26(34-30)12-10-24-14-20-6-2-4-8-28(20)32-24/h1-8,13-18H. The maximum Gasteiger partial charge on any atom is 0.178 e. The summed E-state index contributed by atoms with van der Waals surface area (Å²) in [6, 6.07) is 27.2. The van der Waals surface area contributed by atoms with Crippen molar-refractivity contribution in [3.8, 4) is 23.7 Å². The maximum absolute atomic E-state index is 5.94. The van der Waals surface area contributed by atoms with E-state index in [0.29, 0.717) is 23.0 Å². The zero-order valence-corrected chi connectivity index (χ0v) is 17.7. The van der Waals surface area contributed by atoms with E-state index >= 15 is 0 Å². The van der Waals surface area contributed by atoms with E-state index in [-0.39, 0.29) is 0 Å². The molecule has 0 saturated carbocycles. The second-order valence-corrected chi connectivity index (χ2v) is 7.95. The van der Waals surface area contributed by atoms with Crippen LogP contribution in [0.15, 0.2) is 103 Å². The number of furan rings is 4. The molecule has 0 aliphatic heterocycles. The average Bonchev–Trinajstić information content (AvgIpc) is 3.62. The molecule has 0 aliphatic carbocycles. The second-order valence-electron chi connectivity index (χ2n) is 7.95. The van der Waals surface area contributed by atoms with E-state index in [1.165, 1.54) is 0 Å². The minimum atomic E-state index is 0.563. The van der Waals surface area contributed by atoms with Gasteiger partial charge in [-0.1, -0.05) is 36.4 Å². The van der Waals surface area contributed by atoms with Gasteiger partial charge in [0.05, 0.1) is 0 Å². The van der Waals surface area contributed by atoms with Crippen LogP contribution in [-0.4, -0.2) is 0 Å². The number of para-hydroxylation sites is 2. The van der Waals surface area contributed by atoms with Gasteiger partial charge in [-0.15, -0.1) is 0 Å². The monoisotopic (exact) mass is 438 g/mol. The molecule has 0 amide bonds. The van der Waals surface area contributed by atoms with E-state index in [9.17, 15) is 0 Å². The van der Waals surface area contributed by atoms with Crippen LogP contribution in [0.5, 0.6) is 0 Å². The molecule has 158 valence electrons. The van der Waals surface area contributed by atoms with Crippen molar-refractivity contribution in [2.75, 3.05) is 0 Å². The number of rotatable bonds is 0.